The molecule has 2 aromatic rings. The van der Waals surface area contributed by atoms with E-state index in [1.165, 1.54) is 10.9 Å². The molecular formula is C19H23N3O4. The van der Waals surface area contributed by atoms with E-state index in [2.05, 4.69) is 4.98 Å². The molecule has 7 heteroatoms. The average molecular weight is 357 g/mol. The maximum absolute atomic E-state index is 13.0. The largest absolute Gasteiger partial charge is 0.390 e. The summed E-state index contributed by atoms with van der Waals surface area (Å²) in [6.45, 7) is 2.84. The summed E-state index contributed by atoms with van der Waals surface area (Å²) in [5, 5.41) is 20.2. The van der Waals surface area contributed by atoms with Gasteiger partial charge in [-0.15, -0.1) is 0 Å². The Bertz CT molecular complexity index is 878. The number of nitrogens with zero attached hydrogens (tertiary/aromatic N) is 3. The van der Waals surface area contributed by atoms with Crippen molar-refractivity contribution in [3.63, 3.8) is 0 Å². The lowest BCUT2D eigenvalue weighted by molar-refractivity contribution is -0.133. The predicted molar refractivity (Wildman–Crippen MR) is 95.5 cm³/mol. The first kappa shape index (κ1) is 17.2. The van der Waals surface area contributed by atoms with Crippen LogP contribution < -0.4 is 5.56 Å². The van der Waals surface area contributed by atoms with Gasteiger partial charge in [-0.3, -0.25) is 14.2 Å². The zero-order valence-electron chi connectivity index (χ0n) is 14.7. The molecule has 26 heavy (non-hydrogen) atoms. The molecule has 2 N–H and O–H groups in total. The van der Waals surface area contributed by atoms with Gasteiger partial charge >= 0.3 is 0 Å². The van der Waals surface area contributed by atoms with Crippen molar-refractivity contribution < 1.29 is 15.0 Å². The SMILES string of the molecule is C[C@H](C(=O)N1C[C@H]2C[C@H](O)[C@H](O)C[C@H]2C1)n1cnc2ccccc2c1=O. The van der Waals surface area contributed by atoms with Crippen LogP contribution >= 0.6 is 0 Å². The van der Waals surface area contributed by atoms with Crippen LogP contribution in [-0.2, 0) is 4.79 Å². The summed E-state index contributed by atoms with van der Waals surface area (Å²) in [6, 6.07) is 6.45. The monoisotopic (exact) mass is 357 g/mol. The Kier molecular flexibility index (Phi) is 4.28. The minimum absolute atomic E-state index is 0.123. The van der Waals surface area contributed by atoms with Crippen LogP contribution in [0.2, 0.25) is 0 Å². The Morgan fingerprint density at radius 2 is 1.77 bits per heavy atom. The van der Waals surface area contributed by atoms with E-state index < -0.39 is 18.2 Å². The molecule has 1 saturated carbocycles. The van der Waals surface area contributed by atoms with Crippen molar-refractivity contribution in [1.29, 1.82) is 0 Å². The number of amides is 1. The van der Waals surface area contributed by atoms with E-state index in [0.29, 0.717) is 36.8 Å². The molecule has 5 atom stereocenters. The van der Waals surface area contributed by atoms with Gasteiger partial charge in [0.25, 0.3) is 5.56 Å². The molecule has 2 fully saturated rings. The van der Waals surface area contributed by atoms with Gasteiger partial charge in [0, 0.05) is 13.1 Å². The van der Waals surface area contributed by atoms with Crippen LogP contribution in [0.15, 0.2) is 35.4 Å². The van der Waals surface area contributed by atoms with Gasteiger partial charge in [-0.05, 0) is 43.7 Å². The fourth-order valence-electron chi connectivity index (χ4n) is 4.33. The maximum atomic E-state index is 13.0. The lowest BCUT2D eigenvalue weighted by atomic mass is 9.79. The standard InChI is InChI=1S/C19H23N3O4/c1-11(22-10-20-15-5-3-2-4-14(15)19(22)26)18(25)21-8-12-6-16(23)17(24)7-13(12)9-21/h2-5,10-13,16-17,23-24H,6-9H2,1H3/t11-,12-,13+,16+,17-/m1/s1. The quantitative estimate of drug-likeness (QED) is 0.818. The maximum Gasteiger partial charge on any atom is 0.261 e. The first-order valence-corrected chi connectivity index (χ1v) is 9.06. The normalized spacial score (nSPS) is 29.6. The van der Waals surface area contributed by atoms with E-state index in [4.69, 9.17) is 0 Å². The molecule has 4 rings (SSSR count). The molecule has 1 saturated heterocycles. The Balaban J connectivity index is 1.56. The van der Waals surface area contributed by atoms with Crippen molar-refractivity contribution in [3.8, 4) is 0 Å². The topological polar surface area (TPSA) is 95.7 Å². The number of hydrogen-bond donors (Lipinski definition) is 2. The van der Waals surface area contributed by atoms with Crippen molar-refractivity contribution in [3.05, 3.63) is 40.9 Å². The summed E-state index contributed by atoms with van der Waals surface area (Å²) in [5.74, 6) is 0.287. The van der Waals surface area contributed by atoms with Gasteiger partial charge in [0.05, 0.1) is 29.4 Å². The van der Waals surface area contributed by atoms with E-state index in [0.717, 1.165) is 0 Å². The molecule has 0 spiro atoms. The molecule has 1 aromatic carbocycles. The minimum Gasteiger partial charge on any atom is -0.390 e. The fourth-order valence-corrected chi connectivity index (χ4v) is 4.33. The molecule has 7 nitrogen and oxygen atoms in total. The van der Waals surface area contributed by atoms with Crippen molar-refractivity contribution in [2.75, 3.05) is 13.1 Å². The van der Waals surface area contributed by atoms with Gasteiger partial charge in [-0.1, -0.05) is 12.1 Å². The van der Waals surface area contributed by atoms with Gasteiger partial charge in [0.2, 0.25) is 5.91 Å². The molecule has 1 aliphatic heterocycles. The number of para-hydroxylation sites is 1. The Morgan fingerprint density at radius 1 is 1.15 bits per heavy atom. The fraction of sp³-hybridized carbons (Fsp3) is 0.526. The highest BCUT2D eigenvalue weighted by atomic mass is 16.3. The lowest BCUT2D eigenvalue weighted by Gasteiger charge is -2.31. The smallest absolute Gasteiger partial charge is 0.261 e. The molecule has 1 aromatic heterocycles. The summed E-state index contributed by atoms with van der Waals surface area (Å²) < 4.78 is 1.39. The molecule has 0 radical (unpaired) electrons. The van der Waals surface area contributed by atoms with Gasteiger partial charge in [0.1, 0.15) is 6.04 Å². The van der Waals surface area contributed by atoms with Crippen LogP contribution in [-0.4, -0.2) is 55.9 Å². The third-order valence-corrected chi connectivity index (χ3v) is 5.89. The van der Waals surface area contributed by atoms with Gasteiger partial charge in [0.15, 0.2) is 0 Å². The van der Waals surface area contributed by atoms with Crippen LogP contribution in [0.1, 0.15) is 25.8 Å². The summed E-state index contributed by atoms with van der Waals surface area (Å²) in [6.07, 6.45) is 1.04. The second-order valence-electron chi connectivity index (χ2n) is 7.52. The zero-order chi connectivity index (χ0) is 18.4. The van der Waals surface area contributed by atoms with E-state index in [-0.39, 0.29) is 23.3 Å². The second-order valence-corrected chi connectivity index (χ2v) is 7.52. The number of rotatable bonds is 2. The number of aromatic nitrogens is 2. The Hall–Kier alpha value is -2.25. The van der Waals surface area contributed by atoms with Crippen molar-refractivity contribution in [2.45, 2.75) is 38.0 Å². The number of hydrogen-bond acceptors (Lipinski definition) is 5. The van der Waals surface area contributed by atoms with E-state index in [1.54, 1.807) is 30.0 Å². The molecule has 1 amide bonds. The summed E-state index contributed by atoms with van der Waals surface area (Å²) >= 11 is 0. The number of likely N-dealkylation sites (tertiary alicyclic amines) is 1. The van der Waals surface area contributed by atoms with Crippen LogP contribution in [0.25, 0.3) is 10.9 Å². The summed E-state index contributed by atoms with van der Waals surface area (Å²) in [5.41, 5.74) is 0.391. The van der Waals surface area contributed by atoms with Crippen molar-refractivity contribution in [1.82, 2.24) is 14.5 Å². The predicted octanol–water partition coefficient (Wildman–Crippen LogP) is 0.548. The molecular weight excluding hydrogens is 334 g/mol. The van der Waals surface area contributed by atoms with Gasteiger partial charge in [-0.25, -0.2) is 4.98 Å². The zero-order valence-corrected chi connectivity index (χ0v) is 14.7. The number of fused-ring (bicyclic) bond motifs is 2. The summed E-state index contributed by atoms with van der Waals surface area (Å²) in [4.78, 5) is 31.7. The van der Waals surface area contributed by atoms with E-state index in [9.17, 15) is 19.8 Å². The third-order valence-electron chi connectivity index (χ3n) is 5.89. The average Bonchev–Trinajstić information content (AvgIpc) is 3.04. The number of aliphatic hydroxyl groups is 2. The van der Waals surface area contributed by atoms with Gasteiger partial charge < -0.3 is 15.1 Å². The van der Waals surface area contributed by atoms with Crippen LogP contribution in [0.4, 0.5) is 0 Å². The molecule has 0 bridgehead atoms. The molecule has 1 aliphatic carbocycles. The third kappa shape index (κ3) is 2.81. The molecule has 2 aliphatic rings. The second kappa shape index (κ2) is 6.48. The highest BCUT2D eigenvalue weighted by molar-refractivity contribution is 5.81. The Labute approximate surface area is 150 Å². The van der Waals surface area contributed by atoms with Crippen LogP contribution in [0.3, 0.4) is 0 Å². The highest BCUT2D eigenvalue weighted by Crippen LogP contribution is 2.37. The van der Waals surface area contributed by atoms with Crippen molar-refractivity contribution >= 4 is 16.8 Å². The number of benzene rings is 1. The molecule has 2 heterocycles. The number of aliphatic hydroxyl groups excluding tert-OH is 2. The first-order valence-electron chi connectivity index (χ1n) is 9.06. The molecule has 0 unspecified atom stereocenters. The Morgan fingerprint density at radius 3 is 2.42 bits per heavy atom. The van der Waals surface area contributed by atoms with Gasteiger partial charge in [-0.2, -0.15) is 0 Å². The van der Waals surface area contributed by atoms with Crippen molar-refractivity contribution in [2.24, 2.45) is 11.8 Å². The molecule has 138 valence electrons. The summed E-state index contributed by atoms with van der Waals surface area (Å²) in [7, 11) is 0. The number of carbonyl (C=O) groups excluding carboxylic acids is 1. The minimum atomic E-state index is -0.712. The van der Waals surface area contributed by atoms with Crippen LogP contribution in [0.5, 0.6) is 0 Å². The van der Waals surface area contributed by atoms with E-state index in [1.807, 2.05) is 6.07 Å². The first-order chi connectivity index (χ1) is 12.5. The lowest BCUT2D eigenvalue weighted by Crippen LogP contribution is -2.38. The number of carbonyl (C=O) groups is 1. The van der Waals surface area contributed by atoms with E-state index >= 15 is 0 Å². The highest BCUT2D eigenvalue weighted by Gasteiger charge is 2.43. The van der Waals surface area contributed by atoms with Crippen LogP contribution in [0, 0.1) is 11.8 Å².